The zero-order chi connectivity index (χ0) is 26.4. The van der Waals surface area contributed by atoms with Gasteiger partial charge in [-0.3, -0.25) is 9.59 Å². The number of hydrogen-bond donors (Lipinski definition) is 1. The molecule has 0 amide bonds. The van der Waals surface area contributed by atoms with Gasteiger partial charge in [-0.25, -0.2) is 0 Å². The number of allylic oxidation sites excluding steroid dienone is 2. The molecule has 0 aromatic carbocycles. The van der Waals surface area contributed by atoms with Crippen LogP contribution in [-0.2, 0) is 19.1 Å². The van der Waals surface area contributed by atoms with Crippen molar-refractivity contribution in [2.75, 3.05) is 7.11 Å². The van der Waals surface area contributed by atoms with Crippen molar-refractivity contribution in [3.8, 4) is 0 Å². The van der Waals surface area contributed by atoms with Gasteiger partial charge >= 0.3 is 11.9 Å². The summed E-state index contributed by atoms with van der Waals surface area (Å²) in [6.45, 7) is 19.9. The third-order valence-corrected chi connectivity index (χ3v) is 12.7. The summed E-state index contributed by atoms with van der Waals surface area (Å²) < 4.78 is 11.7. The highest BCUT2D eigenvalue weighted by Gasteiger charge is 2.74. The summed E-state index contributed by atoms with van der Waals surface area (Å²) in [5, 5.41) is 11.6. The van der Waals surface area contributed by atoms with Crippen molar-refractivity contribution in [3.63, 3.8) is 0 Å². The predicted octanol–water partition coefficient (Wildman–Crippen LogP) is 5.86. The van der Waals surface area contributed by atoms with E-state index in [1.807, 2.05) is 0 Å². The van der Waals surface area contributed by atoms with E-state index in [0.717, 1.165) is 56.1 Å². The van der Waals surface area contributed by atoms with Crippen molar-refractivity contribution in [1.29, 1.82) is 0 Å². The molecule has 0 aromatic heterocycles. The van der Waals surface area contributed by atoms with Crippen LogP contribution in [0.3, 0.4) is 0 Å². The first kappa shape index (κ1) is 26.0. The molecule has 4 saturated carbocycles. The number of rotatable bonds is 3. The summed E-state index contributed by atoms with van der Waals surface area (Å²) in [6.07, 6.45) is 5.28. The molecule has 1 heterocycles. The molecule has 200 valence electrons. The van der Waals surface area contributed by atoms with Crippen LogP contribution >= 0.6 is 0 Å². The number of methoxy groups -OCH3 is 1. The maximum Gasteiger partial charge on any atom is 0.312 e. The Labute approximate surface area is 217 Å². The van der Waals surface area contributed by atoms with E-state index >= 15 is 0 Å². The van der Waals surface area contributed by atoms with Crippen LogP contribution in [0.1, 0.15) is 86.0 Å². The van der Waals surface area contributed by atoms with Gasteiger partial charge in [-0.15, -0.1) is 0 Å². The summed E-state index contributed by atoms with van der Waals surface area (Å²) in [5.74, 6) is 0.431. The van der Waals surface area contributed by atoms with Crippen LogP contribution in [0.2, 0.25) is 0 Å². The van der Waals surface area contributed by atoms with Crippen molar-refractivity contribution >= 4 is 11.9 Å². The summed E-state index contributed by atoms with van der Waals surface area (Å²) in [5.41, 5.74) is 1.07. The van der Waals surface area contributed by atoms with Crippen molar-refractivity contribution in [1.82, 2.24) is 0 Å². The number of aliphatic hydroxyl groups is 1. The Bertz CT molecular complexity index is 1000. The molecule has 5 fully saturated rings. The fourth-order valence-corrected chi connectivity index (χ4v) is 11.0. The minimum atomic E-state index is -0.756. The van der Waals surface area contributed by atoms with Crippen molar-refractivity contribution in [2.45, 2.75) is 98.2 Å². The Balaban J connectivity index is 1.69. The summed E-state index contributed by atoms with van der Waals surface area (Å²) in [6, 6.07) is 0. The van der Waals surface area contributed by atoms with Crippen molar-refractivity contribution in [3.05, 3.63) is 24.3 Å². The molecule has 0 radical (unpaired) electrons. The maximum atomic E-state index is 13.4. The summed E-state index contributed by atoms with van der Waals surface area (Å²) in [7, 11) is 1.52. The third kappa shape index (κ3) is 3.04. The Hall–Kier alpha value is -1.62. The van der Waals surface area contributed by atoms with Gasteiger partial charge in [0.05, 0.1) is 25.0 Å². The third-order valence-electron chi connectivity index (χ3n) is 12.7. The second-order valence-corrected chi connectivity index (χ2v) is 13.9. The molecule has 1 saturated heterocycles. The molecule has 0 aromatic rings. The normalized spacial score (nSPS) is 51.6. The van der Waals surface area contributed by atoms with Gasteiger partial charge in [-0.05, 0) is 93.3 Å². The van der Waals surface area contributed by atoms with Crippen LogP contribution in [-0.4, -0.2) is 36.4 Å². The lowest BCUT2D eigenvalue weighted by Gasteiger charge is -2.71. The summed E-state index contributed by atoms with van der Waals surface area (Å²) >= 11 is 0. The number of carbonyl (C=O) groups is 2. The number of aliphatic hydroxyl groups excluding tert-OH is 1. The van der Waals surface area contributed by atoms with E-state index in [1.54, 1.807) is 0 Å². The van der Waals surface area contributed by atoms with E-state index in [0.29, 0.717) is 0 Å². The Morgan fingerprint density at radius 2 is 1.72 bits per heavy atom. The molecule has 0 spiro atoms. The van der Waals surface area contributed by atoms with Crippen LogP contribution in [0.25, 0.3) is 0 Å². The molecule has 5 rings (SSSR count). The van der Waals surface area contributed by atoms with Crippen LogP contribution in [0.5, 0.6) is 0 Å². The van der Waals surface area contributed by atoms with Crippen LogP contribution in [0.4, 0.5) is 0 Å². The first-order valence-electron chi connectivity index (χ1n) is 14.0. The maximum absolute atomic E-state index is 13.4. The second-order valence-electron chi connectivity index (χ2n) is 13.9. The summed E-state index contributed by atoms with van der Waals surface area (Å²) in [4.78, 5) is 26.5. The Morgan fingerprint density at radius 1 is 1.03 bits per heavy atom. The van der Waals surface area contributed by atoms with Gasteiger partial charge in [0.1, 0.15) is 6.10 Å². The number of fused-ring (bicyclic) bond motifs is 4. The molecule has 1 aliphatic heterocycles. The lowest BCUT2D eigenvalue weighted by Crippen LogP contribution is -2.69. The first-order valence-corrected chi connectivity index (χ1v) is 14.0. The molecule has 0 bridgehead atoms. The van der Waals surface area contributed by atoms with Gasteiger partial charge in [0, 0.05) is 11.3 Å². The fourth-order valence-electron chi connectivity index (χ4n) is 11.0. The minimum absolute atomic E-state index is 0.0364. The Morgan fingerprint density at radius 3 is 2.33 bits per heavy atom. The standard InChI is InChI=1S/C31H46O5/c1-17(2)19-9-12-31(27(34)35-8)14-13-28(5)21(25(19)31)15-22-26-29(28,6)11-10-20(18(3)4)30(26,7)23(32)16-24(33)36-22/h19-23,25-26,32H,1,3,9-16H2,2,4-8H3/t19-,20-,21+,22+,23+,25+,26-,28+,29+,30+,31-/m0/s1. The largest absolute Gasteiger partial charge is 0.469 e. The average Bonchev–Trinajstić information content (AvgIpc) is 3.16. The van der Waals surface area contributed by atoms with Gasteiger partial charge in [-0.1, -0.05) is 45.1 Å². The molecule has 5 heteroatoms. The molecular formula is C31H46O5. The van der Waals surface area contributed by atoms with E-state index in [9.17, 15) is 14.7 Å². The monoisotopic (exact) mass is 498 g/mol. The highest BCUT2D eigenvalue weighted by molar-refractivity contribution is 5.78. The second kappa shape index (κ2) is 8.19. The van der Waals surface area contributed by atoms with E-state index < -0.39 is 16.9 Å². The van der Waals surface area contributed by atoms with Gasteiger partial charge in [0.15, 0.2) is 0 Å². The topological polar surface area (TPSA) is 72.8 Å². The first-order chi connectivity index (χ1) is 16.8. The molecule has 0 unspecified atom stereocenters. The Kier molecular flexibility index (Phi) is 5.91. The molecule has 1 N–H and O–H groups in total. The molecule has 5 nitrogen and oxygen atoms in total. The molecule has 4 aliphatic carbocycles. The highest BCUT2D eigenvalue weighted by Crippen LogP contribution is 2.76. The molecule has 5 aliphatic rings. The predicted molar refractivity (Wildman–Crippen MR) is 139 cm³/mol. The molecule has 36 heavy (non-hydrogen) atoms. The number of ether oxygens (including phenoxy) is 2. The van der Waals surface area contributed by atoms with E-state index in [2.05, 4.69) is 47.8 Å². The number of hydrogen-bond acceptors (Lipinski definition) is 5. The van der Waals surface area contributed by atoms with Crippen molar-refractivity contribution in [2.24, 2.45) is 51.2 Å². The van der Waals surface area contributed by atoms with Gasteiger partial charge in [-0.2, -0.15) is 0 Å². The quantitative estimate of drug-likeness (QED) is 0.390. The van der Waals surface area contributed by atoms with Crippen LogP contribution < -0.4 is 0 Å². The van der Waals surface area contributed by atoms with Crippen LogP contribution in [0.15, 0.2) is 24.3 Å². The average molecular weight is 499 g/mol. The van der Waals surface area contributed by atoms with Gasteiger partial charge in [0.2, 0.25) is 0 Å². The minimum Gasteiger partial charge on any atom is -0.469 e. The number of esters is 2. The zero-order valence-electron chi connectivity index (χ0n) is 23.2. The van der Waals surface area contributed by atoms with Gasteiger partial charge < -0.3 is 14.6 Å². The lowest BCUT2D eigenvalue weighted by molar-refractivity contribution is -0.260. The number of carbonyl (C=O) groups excluding carboxylic acids is 2. The van der Waals surface area contributed by atoms with E-state index in [4.69, 9.17) is 9.47 Å². The van der Waals surface area contributed by atoms with Crippen LogP contribution in [0, 0.1) is 51.2 Å². The van der Waals surface area contributed by atoms with Gasteiger partial charge in [0.25, 0.3) is 0 Å². The SMILES string of the molecule is C=C(C)[C@@H]1CC[C@]2(C(=O)OC)CC[C@]3(C)[C@H](C[C@H]4OC(=O)C[C@@H](O)[C@]5(C)[C@@H]4[C@@]3(C)CC[C@H]5C(=C)C)[C@@H]12. The molecular weight excluding hydrogens is 452 g/mol. The van der Waals surface area contributed by atoms with E-state index in [-0.39, 0.29) is 64.9 Å². The lowest BCUT2D eigenvalue weighted by atomic mass is 9.33. The smallest absolute Gasteiger partial charge is 0.312 e. The van der Waals surface area contributed by atoms with E-state index in [1.165, 1.54) is 7.11 Å². The highest BCUT2D eigenvalue weighted by atomic mass is 16.5. The molecule has 11 atom stereocenters. The fraction of sp³-hybridized carbons (Fsp3) is 0.806. The van der Waals surface area contributed by atoms with Crippen molar-refractivity contribution < 1.29 is 24.2 Å². The zero-order valence-corrected chi connectivity index (χ0v) is 23.2.